The van der Waals surface area contributed by atoms with Crippen LogP contribution in [0.25, 0.3) is 0 Å². The molecule has 6 N–H and O–H groups in total. The Hall–Kier alpha value is -3.06. The Morgan fingerprint density at radius 3 is 1.29 bits per heavy atom. The van der Waals surface area contributed by atoms with Gasteiger partial charge in [-0.05, 0) is 12.1 Å². The summed E-state index contributed by atoms with van der Waals surface area (Å²) in [7, 11) is 0. The van der Waals surface area contributed by atoms with Gasteiger partial charge in [0.05, 0.1) is 25.0 Å². The molecule has 24 heavy (non-hydrogen) atoms. The lowest BCUT2D eigenvalue weighted by Crippen LogP contribution is -2.11. The van der Waals surface area contributed by atoms with Gasteiger partial charge in [-0.25, -0.2) is 0 Å². The Morgan fingerprint density at radius 1 is 0.708 bits per heavy atom. The first-order chi connectivity index (χ1) is 11.6. The molecule has 0 bridgehead atoms. The number of rotatable bonds is 3. The maximum Gasteiger partial charge on any atom is 0.119 e. The molecular weight excluding hydrogens is 304 g/mol. The van der Waals surface area contributed by atoms with E-state index in [9.17, 15) is 0 Å². The van der Waals surface area contributed by atoms with Crippen molar-refractivity contribution >= 4 is 0 Å². The van der Waals surface area contributed by atoms with Crippen molar-refractivity contribution in [2.24, 2.45) is 11.5 Å². The summed E-state index contributed by atoms with van der Waals surface area (Å²) in [6.07, 6.45) is 0.541. The van der Waals surface area contributed by atoms with Gasteiger partial charge in [0.15, 0.2) is 0 Å². The lowest BCUT2D eigenvalue weighted by molar-refractivity contribution is 0.469. The number of para-hydroxylation sites is 2. The van der Waals surface area contributed by atoms with Gasteiger partial charge in [0.2, 0.25) is 0 Å². The Kier molecular flexibility index (Phi) is 11.9. The molecule has 6 heteroatoms. The van der Waals surface area contributed by atoms with Crippen LogP contribution in [0.2, 0.25) is 0 Å². The second-order valence-electron chi connectivity index (χ2n) is 4.50. The Bertz CT molecular complexity index is 616. The van der Waals surface area contributed by atoms with Gasteiger partial charge in [0.1, 0.15) is 11.5 Å². The number of nitriles is 2. The second-order valence-corrected chi connectivity index (χ2v) is 4.50. The summed E-state index contributed by atoms with van der Waals surface area (Å²) in [6, 6.07) is 17.6. The van der Waals surface area contributed by atoms with E-state index in [1.807, 2.05) is 12.1 Å². The highest BCUT2D eigenvalue weighted by Gasteiger charge is 1.96. The first kappa shape index (κ1) is 20.9. The van der Waals surface area contributed by atoms with Crippen molar-refractivity contribution in [1.82, 2.24) is 0 Å². The summed E-state index contributed by atoms with van der Waals surface area (Å²) in [5.74, 6) is 0.396. The van der Waals surface area contributed by atoms with Crippen LogP contribution in [0, 0.1) is 22.7 Å². The molecule has 126 valence electrons. The van der Waals surface area contributed by atoms with Crippen LogP contribution >= 0.6 is 0 Å². The minimum Gasteiger partial charge on any atom is -0.508 e. The number of hydrogen-bond donors (Lipinski definition) is 4. The zero-order chi connectivity index (χ0) is 18.2. The molecule has 2 aromatic rings. The number of phenolic OH excluding ortho intramolecular Hbond substituents is 2. The molecule has 2 aromatic carbocycles. The van der Waals surface area contributed by atoms with E-state index in [4.69, 9.17) is 32.2 Å². The fourth-order valence-electron chi connectivity index (χ4n) is 1.49. The molecule has 0 aliphatic carbocycles. The van der Waals surface area contributed by atoms with Crippen LogP contribution in [0.3, 0.4) is 0 Å². The molecule has 0 amide bonds. The number of nitrogens with two attached hydrogens (primary N) is 2. The Labute approximate surface area is 142 Å². The molecule has 0 aromatic heterocycles. The number of aromatic hydroxyl groups is 2. The average molecular weight is 326 g/mol. The van der Waals surface area contributed by atoms with Crippen LogP contribution in [-0.4, -0.2) is 23.3 Å². The topological polar surface area (TPSA) is 140 Å². The van der Waals surface area contributed by atoms with Crippen molar-refractivity contribution in [3.05, 3.63) is 59.7 Å². The third-order valence-electron chi connectivity index (χ3n) is 2.69. The predicted octanol–water partition coefficient (Wildman–Crippen LogP) is 1.82. The fraction of sp³-hybridized carbons (Fsp3) is 0.222. The maximum absolute atomic E-state index is 9.09. The van der Waals surface area contributed by atoms with Crippen LogP contribution in [-0.2, 0) is 12.8 Å². The van der Waals surface area contributed by atoms with Crippen molar-refractivity contribution < 1.29 is 10.2 Å². The summed E-state index contributed by atoms with van der Waals surface area (Å²) < 4.78 is 0. The minimum atomic E-state index is 0.198. The van der Waals surface area contributed by atoms with Gasteiger partial charge in [0.25, 0.3) is 0 Å². The van der Waals surface area contributed by atoms with Crippen molar-refractivity contribution in [2.45, 2.75) is 12.8 Å². The van der Waals surface area contributed by atoms with Crippen LogP contribution in [0.1, 0.15) is 11.1 Å². The standard InChI is InChI=1S/2C8H7NO.C2H8N2/c2*9-6-5-7-3-1-2-4-8(7)10;3-1-2-4/h2*1-4,10H,5H2;1-4H2. The predicted molar refractivity (Wildman–Crippen MR) is 93.0 cm³/mol. The molecule has 2 rings (SSSR count). The van der Waals surface area contributed by atoms with Gasteiger partial charge in [-0.3, -0.25) is 0 Å². The molecular formula is C18H22N4O2. The molecule has 0 aliphatic rings. The fourth-order valence-corrected chi connectivity index (χ4v) is 1.49. The highest BCUT2D eigenvalue weighted by molar-refractivity contribution is 5.34. The van der Waals surface area contributed by atoms with Gasteiger partial charge in [-0.1, -0.05) is 36.4 Å². The van der Waals surface area contributed by atoms with E-state index < -0.39 is 0 Å². The lowest BCUT2D eigenvalue weighted by atomic mass is 10.1. The number of phenols is 2. The molecule has 0 aliphatic heterocycles. The molecule has 0 saturated carbocycles. The van der Waals surface area contributed by atoms with E-state index >= 15 is 0 Å². The summed E-state index contributed by atoms with van der Waals surface area (Å²) >= 11 is 0. The largest absolute Gasteiger partial charge is 0.508 e. The molecule has 0 radical (unpaired) electrons. The summed E-state index contributed by atoms with van der Waals surface area (Å²) in [5, 5.41) is 34.7. The lowest BCUT2D eigenvalue weighted by Gasteiger charge is -1.95. The van der Waals surface area contributed by atoms with Gasteiger partial charge in [-0.15, -0.1) is 0 Å². The highest BCUT2D eigenvalue weighted by Crippen LogP contribution is 2.15. The Morgan fingerprint density at radius 2 is 1.04 bits per heavy atom. The van der Waals surface area contributed by atoms with Crippen molar-refractivity contribution in [3.8, 4) is 23.6 Å². The van der Waals surface area contributed by atoms with E-state index in [1.54, 1.807) is 48.5 Å². The average Bonchev–Trinajstić information content (AvgIpc) is 2.60. The van der Waals surface area contributed by atoms with E-state index in [0.717, 1.165) is 0 Å². The van der Waals surface area contributed by atoms with Crippen molar-refractivity contribution in [2.75, 3.05) is 13.1 Å². The van der Waals surface area contributed by atoms with Crippen LogP contribution in [0.5, 0.6) is 11.5 Å². The molecule has 0 saturated heterocycles. The smallest absolute Gasteiger partial charge is 0.119 e. The molecule has 0 spiro atoms. The zero-order valence-corrected chi connectivity index (χ0v) is 13.4. The SMILES string of the molecule is N#CCc1ccccc1O.N#CCc1ccccc1O.NCCN. The third-order valence-corrected chi connectivity index (χ3v) is 2.69. The minimum absolute atomic E-state index is 0.198. The van der Waals surface area contributed by atoms with E-state index in [1.165, 1.54) is 0 Å². The second kappa shape index (κ2) is 13.6. The monoisotopic (exact) mass is 326 g/mol. The van der Waals surface area contributed by atoms with Crippen molar-refractivity contribution in [1.29, 1.82) is 10.5 Å². The van der Waals surface area contributed by atoms with Crippen molar-refractivity contribution in [3.63, 3.8) is 0 Å². The summed E-state index contributed by atoms with van der Waals surface area (Å²) in [4.78, 5) is 0. The van der Waals surface area contributed by atoms with Gasteiger partial charge >= 0.3 is 0 Å². The molecule has 0 unspecified atom stereocenters. The number of benzene rings is 2. The third kappa shape index (κ3) is 9.06. The first-order valence-corrected chi connectivity index (χ1v) is 7.28. The van der Waals surface area contributed by atoms with E-state index in [2.05, 4.69) is 0 Å². The first-order valence-electron chi connectivity index (χ1n) is 7.28. The summed E-state index contributed by atoms with van der Waals surface area (Å²) in [6.45, 7) is 1.19. The van der Waals surface area contributed by atoms with Crippen LogP contribution in [0.4, 0.5) is 0 Å². The Balaban J connectivity index is 0.000000363. The van der Waals surface area contributed by atoms with Gasteiger partial charge in [-0.2, -0.15) is 10.5 Å². The zero-order valence-electron chi connectivity index (χ0n) is 13.4. The van der Waals surface area contributed by atoms with Gasteiger partial charge in [0, 0.05) is 24.2 Å². The molecule has 0 fully saturated rings. The van der Waals surface area contributed by atoms with Crippen LogP contribution < -0.4 is 11.5 Å². The van der Waals surface area contributed by atoms with Gasteiger partial charge < -0.3 is 21.7 Å². The number of hydrogen-bond acceptors (Lipinski definition) is 6. The summed E-state index contributed by atoms with van der Waals surface area (Å²) in [5.41, 5.74) is 11.2. The van der Waals surface area contributed by atoms with E-state index in [0.29, 0.717) is 24.2 Å². The molecule has 0 heterocycles. The van der Waals surface area contributed by atoms with Crippen LogP contribution in [0.15, 0.2) is 48.5 Å². The van der Waals surface area contributed by atoms with E-state index in [-0.39, 0.29) is 24.3 Å². The normalized spacial score (nSPS) is 8.50. The molecule has 0 atom stereocenters. The highest BCUT2D eigenvalue weighted by atomic mass is 16.3. The maximum atomic E-state index is 9.09. The number of nitrogens with zero attached hydrogens (tertiary/aromatic N) is 2. The quantitative estimate of drug-likeness (QED) is 0.678. The molecule has 6 nitrogen and oxygen atoms in total.